The predicted octanol–water partition coefficient (Wildman–Crippen LogP) is 3.23. The second kappa shape index (κ2) is 8.17. The average Bonchev–Trinajstić information content (AvgIpc) is 3.29. The molecule has 8 nitrogen and oxygen atoms in total. The fourth-order valence-corrected chi connectivity index (χ4v) is 2.89. The molecule has 1 aliphatic rings. The van der Waals surface area contributed by atoms with Crippen molar-refractivity contribution in [1.82, 2.24) is 20.4 Å². The number of carbonyl (C=O) groups is 2. The second-order valence-corrected chi connectivity index (χ2v) is 6.55. The highest BCUT2D eigenvalue weighted by Crippen LogP contribution is 2.34. The summed E-state index contributed by atoms with van der Waals surface area (Å²) in [6, 6.07) is 1.58. The fourth-order valence-electron chi connectivity index (χ4n) is 2.66. The van der Waals surface area contributed by atoms with Gasteiger partial charge in [0.05, 0.1) is 23.8 Å². The molecule has 0 saturated carbocycles. The monoisotopic (exact) mass is 472 g/mol. The number of hydrogen-bond acceptors (Lipinski definition) is 5. The zero-order valence-electron chi connectivity index (χ0n) is 14.9. The number of nitrogens with zero attached hydrogens (tertiary/aromatic N) is 2. The first kappa shape index (κ1) is 22.5. The van der Waals surface area contributed by atoms with Crippen LogP contribution in [0.1, 0.15) is 17.2 Å². The van der Waals surface area contributed by atoms with E-state index < -0.39 is 47.6 Å². The van der Waals surface area contributed by atoms with Gasteiger partial charge in [0.25, 0.3) is 5.91 Å². The summed E-state index contributed by atoms with van der Waals surface area (Å²) in [4.78, 5) is 23.5. The van der Waals surface area contributed by atoms with Crippen molar-refractivity contribution in [2.75, 3.05) is 6.54 Å². The normalized spacial score (nSPS) is 17.6. The van der Waals surface area contributed by atoms with E-state index in [0.717, 1.165) is 24.4 Å². The van der Waals surface area contributed by atoms with E-state index in [9.17, 15) is 35.9 Å². The lowest BCUT2D eigenvalue weighted by Gasteiger charge is -2.21. The summed E-state index contributed by atoms with van der Waals surface area (Å²) < 4.78 is 84.1. The summed E-state index contributed by atoms with van der Waals surface area (Å²) in [7, 11) is 0. The second-order valence-electron chi connectivity index (χ2n) is 6.14. The van der Waals surface area contributed by atoms with Crippen molar-refractivity contribution in [3.63, 3.8) is 0 Å². The van der Waals surface area contributed by atoms with Gasteiger partial charge in [-0.2, -0.15) is 9.78 Å². The Labute approximate surface area is 174 Å². The summed E-state index contributed by atoms with van der Waals surface area (Å²) in [5, 5.41) is 7.27. The van der Waals surface area contributed by atoms with Crippen molar-refractivity contribution in [2.45, 2.75) is 24.8 Å². The third-order valence-electron chi connectivity index (χ3n) is 3.97. The molecule has 2 heterocycles. The number of nitrogens with one attached hydrogen (secondary N) is 2. The lowest BCUT2D eigenvalue weighted by Crippen LogP contribution is -2.39. The minimum absolute atomic E-state index is 0.0203. The number of alkyl halides is 6. The quantitative estimate of drug-likeness (QED) is 0.652. The third-order valence-corrected chi connectivity index (χ3v) is 4.27. The van der Waals surface area contributed by atoms with Crippen LogP contribution in [0.25, 0.3) is 0 Å². The highest BCUT2D eigenvalue weighted by Gasteiger charge is 2.35. The Hall–Kier alpha value is -3.16. The van der Waals surface area contributed by atoms with Crippen LogP contribution in [0.4, 0.5) is 31.1 Å². The Kier molecular flexibility index (Phi) is 5.93. The number of halogens is 7. The van der Waals surface area contributed by atoms with Crippen LogP contribution in [0.3, 0.4) is 0 Å². The molecule has 1 aliphatic heterocycles. The molecule has 0 aliphatic carbocycles. The molecule has 15 heteroatoms. The van der Waals surface area contributed by atoms with Crippen LogP contribution in [-0.2, 0) is 15.8 Å². The van der Waals surface area contributed by atoms with Crippen molar-refractivity contribution in [1.29, 1.82) is 0 Å². The molecular weight excluding hydrogens is 462 g/mol. The molecule has 0 radical (unpaired) electrons. The largest absolute Gasteiger partial charge is 0.573 e. The molecule has 2 aromatic rings. The molecule has 31 heavy (non-hydrogen) atoms. The lowest BCUT2D eigenvalue weighted by atomic mass is 10.0. The van der Waals surface area contributed by atoms with Crippen molar-refractivity contribution in [3.05, 3.63) is 46.7 Å². The molecule has 2 amide bonds. The number of benzene rings is 1. The van der Waals surface area contributed by atoms with Gasteiger partial charge in [0.1, 0.15) is 5.75 Å². The molecule has 1 aromatic heterocycles. The Bertz CT molecular complexity index is 993. The summed E-state index contributed by atoms with van der Waals surface area (Å²) in [6.07, 6.45) is -10.6. The minimum Gasteiger partial charge on any atom is -0.434 e. The van der Waals surface area contributed by atoms with E-state index in [1.165, 1.54) is 0 Å². The summed E-state index contributed by atoms with van der Waals surface area (Å²) in [5.74, 6) is -1.61. The van der Waals surface area contributed by atoms with Crippen molar-refractivity contribution < 1.29 is 45.4 Å². The van der Waals surface area contributed by atoms with Gasteiger partial charge in [-0.3, -0.25) is 4.79 Å². The number of amides is 2. The lowest BCUT2D eigenvalue weighted by molar-refractivity contribution is -0.274. The molecule has 0 bridgehead atoms. The van der Waals surface area contributed by atoms with Crippen LogP contribution in [0.2, 0.25) is 5.02 Å². The van der Waals surface area contributed by atoms with Crippen LogP contribution in [0.15, 0.2) is 30.6 Å². The maximum atomic E-state index is 12.9. The fraction of sp³-hybridized carbons (Fsp3) is 0.312. The molecule has 1 fully saturated rings. The van der Waals surface area contributed by atoms with E-state index in [1.807, 2.05) is 0 Å². The Balaban J connectivity index is 1.93. The molecule has 1 saturated heterocycles. The van der Waals surface area contributed by atoms with Gasteiger partial charge in [0.2, 0.25) is 0 Å². The number of hydrogen-bond donors (Lipinski definition) is 2. The molecule has 2 N–H and O–H groups in total. The van der Waals surface area contributed by atoms with E-state index >= 15 is 0 Å². The number of alkyl carbamates (subject to hydrolysis) is 1. The molecule has 2 atom stereocenters. The molecule has 3 rings (SSSR count). The Morgan fingerprint density at radius 2 is 2.00 bits per heavy atom. The highest BCUT2D eigenvalue weighted by atomic mass is 35.5. The summed E-state index contributed by atoms with van der Waals surface area (Å²) in [5.41, 5.74) is -0.143. The first-order chi connectivity index (χ1) is 14.3. The van der Waals surface area contributed by atoms with Crippen LogP contribution < -0.4 is 15.4 Å². The van der Waals surface area contributed by atoms with Gasteiger partial charge in [0, 0.05) is 11.8 Å². The topological polar surface area (TPSA) is 94.5 Å². The smallest absolute Gasteiger partial charge is 0.434 e. The standard InChI is InChI=1S/C16H11ClF6N4O4/c17-9-3-7(1-2-10(9)31-16(21,22)23)12(8-4-25-27(6-8)15(18,19)20)26-13(28)11-5-24-14(29)30-11/h1-4,6,11-12H,5H2,(H,24,29)(H,26,28)/t11?,12-/m0/s1. The SMILES string of the molecule is O=C1NCC(C(=O)N[C@@H](c2ccc(OC(F)(F)F)c(Cl)c2)c2cnn(C(F)(F)F)c2)O1. The van der Waals surface area contributed by atoms with E-state index in [1.54, 1.807) is 0 Å². The Morgan fingerprint density at radius 3 is 2.52 bits per heavy atom. The summed E-state index contributed by atoms with van der Waals surface area (Å²) >= 11 is 5.81. The Morgan fingerprint density at radius 1 is 1.29 bits per heavy atom. The molecule has 168 valence electrons. The van der Waals surface area contributed by atoms with Crippen LogP contribution >= 0.6 is 11.6 Å². The highest BCUT2D eigenvalue weighted by molar-refractivity contribution is 6.32. The van der Waals surface area contributed by atoms with Crippen LogP contribution in [-0.4, -0.2) is 40.8 Å². The average molecular weight is 473 g/mol. The van der Waals surface area contributed by atoms with E-state index in [2.05, 4.69) is 20.5 Å². The van der Waals surface area contributed by atoms with Gasteiger partial charge < -0.3 is 20.1 Å². The zero-order valence-corrected chi connectivity index (χ0v) is 15.7. The van der Waals surface area contributed by atoms with Gasteiger partial charge in [-0.15, -0.1) is 26.3 Å². The van der Waals surface area contributed by atoms with Gasteiger partial charge >= 0.3 is 18.8 Å². The zero-order chi connectivity index (χ0) is 23.0. The van der Waals surface area contributed by atoms with E-state index in [-0.39, 0.29) is 22.4 Å². The van der Waals surface area contributed by atoms with Gasteiger partial charge in [0.15, 0.2) is 6.10 Å². The van der Waals surface area contributed by atoms with Gasteiger partial charge in [-0.05, 0) is 17.7 Å². The summed E-state index contributed by atoms with van der Waals surface area (Å²) in [6.45, 7) is -0.182. The number of carbonyl (C=O) groups excluding carboxylic acids is 2. The van der Waals surface area contributed by atoms with Gasteiger partial charge in [-0.1, -0.05) is 17.7 Å². The predicted molar refractivity (Wildman–Crippen MR) is 89.9 cm³/mol. The molecule has 1 aromatic carbocycles. The molecular formula is C16H11ClF6N4O4. The number of rotatable bonds is 5. The van der Waals surface area contributed by atoms with Crippen molar-refractivity contribution in [3.8, 4) is 5.75 Å². The third kappa shape index (κ3) is 5.51. The van der Waals surface area contributed by atoms with Crippen LogP contribution in [0.5, 0.6) is 5.75 Å². The minimum atomic E-state index is -5.02. The number of ether oxygens (including phenoxy) is 2. The van der Waals surface area contributed by atoms with Crippen molar-refractivity contribution in [2.24, 2.45) is 0 Å². The first-order valence-corrected chi connectivity index (χ1v) is 8.63. The van der Waals surface area contributed by atoms with Crippen molar-refractivity contribution >= 4 is 23.6 Å². The number of cyclic esters (lactones) is 1. The van der Waals surface area contributed by atoms with E-state index in [4.69, 9.17) is 16.3 Å². The maximum absolute atomic E-state index is 12.9. The molecule has 0 spiro atoms. The van der Waals surface area contributed by atoms with E-state index in [0.29, 0.717) is 6.20 Å². The van der Waals surface area contributed by atoms with Gasteiger partial charge in [-0.25, -0.2) is 4.79 Å². The number of aromatic nitrogens is 2. The maximum Gasteiger partial charge on any atom is 0.573 e. The molecule has 1 unspecified atom stereocenters. The first-order valence-electron chi connectivity index (χ1n) is 8.25. The van der Waals surface area contributed by atoms with Crippen LogP contribution in [0, 0.1) is 0 Å².